The van der Waals surface area contributed by atoms with Crippen molar-refractivity contribution in [3.63, 3.8) is 0 Å². The van der Waals surface area contributed by atoms with Crippen molar-refractivity contribution >= 4 is 23.2 Å². The van der Waals surface area contributed by atoms with Gasteiger partial charge in [0.15, 0.2) is 0 Å². The Kier molecular flexibility index (Phi) is 6.52. The van der Waals surface area contributed by atoms with E-state index in [0.29, 0.717) is 35.6 Å². The Bertz CT molecular complexity index is 961. The molecule has 154 valence electrons. The quantitative estimate of drug-likeness (QED) is 0.467. The number of nitrogens with two attached hydrogens (primary N) is 1. The van der Waals surface area contributed by atoms with Gasteiger partial charge in [0.1, 0.15) is 0 Å². The van der Waals surface area contributed by atoms with Crippen LogP contribution in [0, 0.1) is 0 Å². The van der Waals surface area contributed by atoms with Crippen molar-refractivity contribution in [1.82, 2.24) is 4.98 Å². The van der Waals surface area contributed by atoms with Gasteiger partial charge in [0, 0.05) is 28.1 Å². The number of carbonyl (C=O) groups excluding carboxylic acids is 1. The van der Waals surface area contributed by atoms with Gasteiger partial charge in [-0.25, -0.2) is 0 Å². The van der Waals surface area contributed by atoms with Crippen molar-refractivity contribution < 1.29 is 18.0 Å². The van der Waals surface area contributed by atoms with E-state index in [9.17, 15) is 22.8 Å². The van der Waals surface area contributed by atoms with E-state index in [2.05, 4.69) is 4.98 Å². The first kappa shape index (κ1) is 21.2. The van der Waals surface area contributed by atoms with Gasteiger partial charge in [-0.15, -0.1) is 0 Å². The van der Waals surface area contributed by atoms with E-state index in [1.807, 2.05) is 18.2 Å². The number of halogens is 3. The molecule has 3 N–H and O–H groups in total. The smallest absolute Gasteiger partial charge is 0.370 e. The standard InChI is InChI=1S/C21H21F3N2O2S/c22-21(23,24)29-15-9-7-13(8-10-15)16(3-1-2-4-19(25)27)18-12-11-17(14-5-6-14)20(28)26-18/h3,7-12,14H,1-2,4-6H2,(H2,25,27)(H,26,28)/b16-3+. The maximum atomic E-state index is 12.6. The molecule has 1 amide bonds. The second-order valence-corrected chi connectivity index (χ2v) is 8.12. The Balaban J connectivity index is 1.88. The van der Waals surface area contributed by atoms with Crippen LogP contribution in [0.3, 0.4) is 0 Å². The number of nitrogens with one attached hydrogen (secondary N) is 1. The lowest BCUT2D eigenvalue weighted by atomic mass is 9.99. The molecule has 0 radical (unpaired) electrons. The number of carbonyl (C=O) groups is 1. The Hall–Kier alpha value is -2.48. The van der Waals surface area contributed by atoms with E-state index >= 15 is 0 Å². The number of primary amides is 1. The first-order chi connectivity index (χ1) is 13.7. The number of thioether (sulfide) groups is 1. The van der Waals surface area contributed by atoms with Gasteiger partial charge in [0.05, 0.1) is 0 Å². The summed E-state index contributed by atoms with van der Waals surface area (Å²) in [6.45, 7) is 0. The fraction of sp³-hybridized carbons (Fsp3) is 0.333. The summed E-state index contributed by atoms with van der Waals surface area (Å²) in [4.78, 5) is 26.3. The number of pyridine rings is 1. The van der Waals surface area contributed by atoms with Crippen LogP contribution in [-0.4, -0.2) is 16.4 Å². The Morgan fingerprint density at radius 1 is 1.17 bits per heavy atom. The lowest BCUT2D eigenvalue weighted by Crippen LogP contribution is -2.13. The number of allylic oxidation sites excluding steroid dienone is 1. The molecular weight excluding hydrogens is 401 g/mol. The van der Waals surface area contributed by atoms with Crippen LogP contribution >= 0.6 is 11.8 Å². The molecule has 1 saturated carbocycles. The minimum absolute atomic E-state index is 0.0897. The number of alkyl halides is 3. The fourth-order valence-corrected chi connectivity index (χ4v) is 3.64. The molecule has 1 fully saturated rings. The lowest BCUT2D eigenvalue weighted by Gasteiger charge is -2.11. The van der Waals surface area contributed by atoms with E-state index in [4.69, 9.17) is 5.73 Å². The number of benzene rings is 1. The highest BCUT2D eigenvalue weighted by Gasteiger charge is 2.29. The number of hydrogen-bond donors (Lipinski definition) is 2. The number of aromatic amines is 1. The van der Waals surface area contributed by atoms with Crippen molar-refractivity contribution in [2.24, 2.45) is 5.73 Å². The fourth-order valence-electron chi connectivity index (χ4n) is 3.10. The first-order valence-electron chi connectivity index (χ1n) is 9.31. The van der Waals surface area contributed by atoms with Crippen LogP contribution in [0.25, 0.3) is 5.57 Å². The predicted molar refractivity (Wildman–Crippen MR) is 108 cm³/mol. The molecule has 29 heavy (non-hydrogen) atoms. The minimum Gasteiger partial charge on any atom is -0.370 e. The highest BCUT2D eigenvalue weighted by atomic mass is 32.2. The number of rotatable bonds is 8. The van der Waals surface area contributed by atoms with Gasteiger partial charge in [-0.2, -0.15) is 13.2 Å². The summed E-state index contributed by atoms with van der Waals surface area (Å²) in [6.07, 6.45) is 5.22. The average molecular weight is 422 g/mol. The second-order valence-electron chi connectivity index (χ2n) is 6.98. The Morgan fingerprint density at radius 3 is 2.41 bits per heavy atom. The van der Waals surface area contributed by atoms with Gasteiger partial charge in [0.2, 0.25) is 5.91 Å². The monoisotopic (exact) mass is 422 g/mol. The average Bonchev–Trinajstić information content (AvgIpc) is 3.46. The predicted octanol–water partition coefficient (Wildman–Crippen LogP) is 4.95. The molecule has 0 aliphatic heterocycles. The van der Waals surface area contributed by atoms with Crippen molar-refractivity contribution in [2.45, 2.75) is 48.4 Å². The molecule has 0 spiro atoms. The summed E-state index contributed by atoms with van der Waals surface area (Å²) in [6, 6.07) is 9.65. The van der Waals surface area contributed by atoms with Gasteiger partial charge < -0.3 is 10.7 Å². The van der Waals surface area contributed by atoms with Crippen LogP contribution in [0.5, 0.6) is 0 Å². The van der Waals surface area contributed by atoms with E-state index in [-0.39, 0.29) is 28.6 Å². The SMILES string of the molecule is NC(=O)CCC/C=C(\c1ccc(SC(F)(F)F)cc1)c1ccc(C2CC2)c(=O)[nH]1. The number of hydrogen-bond acceptors (Lipinski definition) is 3. The number of amides is 1. The Labute approximate surface area is 170 Å². The molecule has 0 bridgehead atoms. The molecule has 1 aliphatic carbocycles. The van der Waals surface area contributed by atoms with E-state index in [1.165, 1.54) is 12.1 Å². The summed E-state index contributed by atoms with van der Waals surface area (Å²) >= 11 is -0.172. The summed E-state index contributed by atoms with van der Waals surface area (Å²) in [5, 5.41) is 0. The largest absolute Gasteiger partial charge is 0.446 e. The molecule has 1 aromatic heterocycles. The van der Waals surface area contributed by atoms with Crippen molar-refractivity contribution in [1.29, 1.82) is 0 Å². The highest BCUT2D eigenvalue weighted by molar-refractivity contribution is 8.00. The highest BCUT2D eigenvalue weighted by Crippen LogP contribution is 2.39. The lowest BCUT2D eigenvalue weighted by molar-refractivity contribution is -0.118. The minimum atomic E-state index is -4.35. The normalized spacial score (nSPS) is 14.8. The molecule has 1 aliphatic rings. The van der Waals surface area contributed by atoms with Crippen LogP contribution in [0.4, 0.5) is 13.2 Å². The third-order valence-electron chi connectivity index (χ3n) is 4.62. The van der Waals surface area contributed by atoms with Crippen LogP contribution in [-0.2, 0) is 4.79 Å². The van der Waals surface area contributed by atoms with Crippen LogP contribution in [0.1, 0.15) is 54.8 Å². The number of unbranched alkanes of at least 4 members (excludes halogenated alkanes) is 1. The second kappa shape index (κ2) is 8.90. The molecule has 4 nitrogen and oxygen atoms in total. The first-order valence-corrected chi connectivity index (χ1v) is 10.1. The molecular formula is C21H21F3N2O2S. The van der Waals surface area contributed by atoms with E-state index in [1.54, 1.807) is 12.1 Å². The molecule has 2 aromatic rings. The molecule has 3 rings (SSSR count). The summed E-state index contributed by atoms with van der Waals surface area (Å²) < 4.78 is 37.7. The molecule has 1 aromatic carbocycles. The Morgan fingerprint density at radius 2 is 1.86 bits per heavy atom. The maximum Gasteiger partial charge on any atom is 0.446 e. The molecule has 1 heterocycles. The molecule has 0 atom stereocenters. The summed E-state index contributed by atoms with van der Waals surface area (Å²) in [5.41, 5.74) is 3.42. The van der Waals surface area contributed by atoms with Crippen molar-refractivity contribution in [3.05, 3.63) is 69.6 Å². The van der Waals surface area contributed by atoms with Gasteiger partial charge in [-0.3, -0.25) is 9.59 Å². The zero-order chi connectivity index (χ0) is 21.0. The van der Waals surface area contributed by atoms with E-state index < -0.39 is 11.4 Å². The third kappa shape index (κ3) is 6.25. The third-order valence-corrected chi connectivity index (χ3v) is 5.36. The van der Waals surface area contributed by atoms with E-state index in [0.717, 1.165) is 18.4 Å². The molecule has 8 heteroatoms. The zero-order valence-corrected chi connectivity index (χ0v) is 16.4. The zero-order valence-electron chi connectivity index (χ0n) is 15.6. The van der Waals surface area contributed by atoms with Crippen LogP contribution in [0.2, 0.25) is 0 Å². The summed E-state index contributed by atoms with van der Waals surface area (Å²) in [5.74, 6) is -0.0786. The van der Waals surface area contributed by atoms with Crippen molar-refractivity contribution in [3.8, 4) is 0 Å². The molecule has 0 unspecified atom stereocenters. The molecule has 0 saturated heterocycles. The van der Waals surface area contributed by atoms with Crippen molar-refractivity contribution in [2.75, 3.05) is 0 Å². The number of H-pyrrole nitrogens is 1. The van der Waals surface area contributed by atoms with Gasteiger partial charge in [-0.05, 0) is 67.1 Å². The van der Waals surface area contributed by atoms with Gasteiger partial charge in [-0.1, -0.05) is 24.3 Å². The van der Waals surface area contributed by atoms with Crippen LogP contribution < -0.4 is 11.3 Å². The topological polar surface area (TPSA) is 76.0 Å². The van der Waals surface area contributed by atoms with Gasteiger partial charge in [0.25, 0.3) is 5.56 Å². The van der Waals surface area contributed by atoms with Gasteiger partial charge >= 0.3 is 5.51 Å². The summed E-state index contributed by atoms with van der Waals surface area (Å²) in [7, 11) is 0. The van der Waals surface area contributed by atoms with Crippen LogP contribution in [0.15, 0.2) is 52.2 Å². The maximum absolute atomic E-state index is 12.6. The number of aromatic nitrogens is 1.